The summed E-state index contributed by atoms with van der Waals surface area (Å²) in [6, 6.07) is 20.5. The molecule has 1 saturated heterocycles. The highest BCUT2D eigenvalue weighted by Crippen LogP contribution is 2.26. The van der Waals surface area contributed by atoms with E-state index < -0.39 is 0 Å². The molecule has 3 aromatic carbocycles. The minimum Gasteiger partial charge on any atom is -0.486 e. The van der Waals surface area contributed by atoms with Gasteiger partial charge < -0.3 is 14.6 Å². The molecular weight excluding hydrogens is 406 g/mol. The Morgan fingerprint density at radius 2 is 1.87 bits per heavy atom. The van der Waals surface area contributed by atoms with Crippen LogP contribution in [0.1, 0.15) is 31.5 Å². The summed E-state index contributed by atoms with van der Waals surface area (Å²) in [7, 11) is 0. The number of nitrogens with zero attached hydrogens (tertiary/aromatic N) is 2. The molecule has 0 aliphatic carbocycles. The molecule has 1 N–H and O–H groups in total. The zero-order chi connectivity index (χ0) is 21.0. The number of imidazole rings is 1. The van der Waals surface area contributed by atoms with Gasteiger partial charge in [-0.1, -0.05) is 35.9 Å². The molecule has 4 aromatic rings. The first-order chi connectivity index (χ1) is 15.3. The average molecular weight is 434 g/mol. The smallest absolute Gasteiger partial charge is 0.147 e. The highest BCUT2D eigenvalue weighted by Gasteiger charge is 2.15. The van der Waals surface area contributed by atoms with Gasteiger partial charge in [-0.15, -0.1) is 0 Å². The third-order valence-corrected chi connectivity index (χ3v) is 6.52. The van der Waals surface area contributed by atoms with Crippen molar-refractivity contribution < 1.29 is 4.74 Å². The predicted octanol–water partition coefficient (Wildman–Crippen LogP) is 6.20. The van der Waals surface area contributed by atoms with Crippen molar-refractivity contribution in [3.8, 4) is 5.75 Å². The summed E-state index contributed by atoms with van der Waals surface area (Å²) in [5, 5.41) is 6.71. The van der Waals surface area contributed by atoms with Gasteiger partial charge in [0.1, 0.15) is 18.2 Å². The van der Waals surface area contributed by atoms with Crippen molar-refractivity contribution in [1.82, 2.24) is 14.9 Å². The second-order valence-electron chi connectivity index (χ2n) is 8.46. The summed E-state index contributed by atoms with van der Waals surface area (Å²) in [4.78, 5) is 4.96. The Labute approximate surface area is 188 Å². The van der Waals surface area contributed by atoms with Crippen molar-refractivity contribution in [2.24, 2.45) is 5.92 Å². The van der Waals surface area contributed by atoms with Crippen LogP contribution in [0.5, 0.6) is 5.75 Å². The van der Waals surface area contributed by atoms with Gasteiger partial charge in [0.25, 0.3) is 0 Å². The van der Waals surface area contributed by atoms with Gasteiger partial charge in [0.2, 0.25) is 0 Å². The summed E-state index contributed by atoms with van der Waals surface area (Å²) in [6.07, 6.45) is 5.04. The minimum atomic E-state index is 0.442. The highest BCUT2D eigenvalue weighted by atomic mass is 35.5. The first kappa shape index (κ1) is 20.3. The third-order valence-electron chi connectivity index (χ3n) is 6.27. The molecule has 31 heavy (non-hydrogen) atoms. The number of aryl methyl sites for hydroxylation is 1. The lowest BCUT2D eigenvalue weighted by Gasteiger charge is -2.22. The monoisotopic (exact) mass is 433 g/mol. The number of benzene rings is 3. The van der Waals surface area contributed by atoms with Crippen LogP contribution in [-0.4, -0.2) is 22.6 Å². The molecule has 160 valence electrons. The highest BCUT2D eigenvalue weighted by molar-refractivity contribution is 6.30. The van der Waals surface area contributed by atoms with E-state index in [1.54, 1.807) is 0 Å². The Hall–Kier alpha value is -2.56. The number of nitrogens with one attached hydrogen (secondary N) is 1. The maximum atomic E-state index is 6.06. The average Bonchev–Trinajstić information content (AvgIpc) is 3.14. The van der Waals surface area contributed by atoms with Crippen molar-refractivity contribution in [2.45, 2.75) is 38.8 Å². The van der Waals surface area contributed by atoms with Crippen molar-refractivity contribution in [3.63, 3.8) is 0 Å². The molecule has 2 heterocycles. The first-order valence-electron chi connectivity index (χ1n) is 11.2. The summed E-state index contributed by atoms with van der Waals surface area (Å²) in [6.45, 7) is 3.73. The molecule has 0 amide bonds. The lowest BCUT2D eigenvalue weighted by molar-refractivity contribution is 0.287. The van der Waals surface area contributed by atoms with Gasteiger partial charge in [0, 0.05) is 11.6 Å². The Kier molecular flexibility index (Phi) is 6.10. The largest absolute Gasteiger partial charge is 0.486 e. The number of halogens is 1. The Bertz CT molecular complexity index is 1160. The maximum Gasteiger partial charge on any atom is 0.147 e. The van der Waals surface area contributed by atoms with E-state index in [0.717, 1.165) is 42.5 Å². The SMILES string of the molecule is Clc1ccc(OCc2nc3cc4ccccc4cc3n2CCCC2CCCNC2)cc1. The molecule has 1 aliphatic heterocycles. The van der Waals surface area contributed by atoms with E-state index in [1.165, 1.54) is 42.1 Å². The van der Waals surface area contributed by atoms with Gasteiger partial charge in [0.15, 0.2) is 0 Å². The number of hydrogen-bond donors (Lipinski definition) is 1. The third kappa shape index (κ3) is 4.70. The molecule has 1 atom stereocenters. The Balaban J connectivity index is 1.41. The molecule has 4 nitrogen and oxygen atoms in total. The molecule has 5 heteroatoms. The Morgan fingerprint density at radius 3 is 2.65 bits per heavy atom. The molecule has 1 aromatic heterocycles. The van der Waals surface area contributed by atoms with Gasteiger partial charge in [0.05, 0.1) is 11.0 Å². The van der Waals surface area contributed by atoms with Crippen LogP contribution in [0.3, 0.4) is 0 Å². The van der Waals surface area contributed by atoms with E-state index in [2.05, 4.69) is 46.3 Å². The topological polar surface area (TPSA) is 39.1 Å². The van der Waals surface area contributed by atoms with Crippen LogP contribution in [0, 0.1) is 5.92 Å². The van der Waals surface area contributed by atoms with Crippen molar-refractivity contribution >= 4 is 33.4 Å². The number of aromatic nitrogens is 2. The molecule has 1 aliphatic rings. The van der Waals surface area contributed by atoms with Gasteiger partial charge in [-0.05, 0) is 91.9 Å². The van der Waals surface area contributed by atoms with E-state index in [1.807, 2.05) is 24.3 Å². The number of hydrogen-bond acceptors (Lipinski definition) is 3. The lowest BCUT2D eigenvalue weighted by atomic mass is 9.95. The molecule has 0 radical (unpaired) electrons. The number of ether oxygens (including phenoxy) is 1. The molecular formula is C26H28ClN3O. The first-order valence-corrected chi connectivity index (χ1v) is 11.6. The maximum absolute atomic E-state index is 6.06. The molecule has 1 fully saturated rings. The fourth-order valence-electron chi connectivity index (χ4n) is 4.61. The summed E-state index contributed by atoms with van der Waals surface area (Å²) >= 11 is 6.00. The van der Waals surface area contributed by atoms with Gasteiger partial charge >= 0.3 is 0 Å². The quantitative estimate of drug-likeness (QED) is 0.377. The van der Waals surface area contributed by atoms with E-state index in [0.29, 0.717) is 11.6 Å². The van der Waals surface area contributed by atoms with Crippen LogP contribution in [0.25, 0.3) is 21.8 Å². The number of rotatable bonds is 7. The second kappa shape index (κ2) is 9.29. The van der Waals surface area contributed by atoms with E-state index in [4.69, 9.17) is 21.3 Å². The predicted molar refractivity (Wildman–Crippen MR) is 128 cm³/mol. The fourth-order valence-corrected chi connectivity index (χ4v) is 4.73. The van der Waals surface area contributed by atoms with E-state index >= 15 is 0 Å². The zero-order valence-corrected chi connectivity index (χ0v) is 18.4. The van der Waals surface area contributed by atoms with Crippen molar-refractivity contribution in [1.29, 1.82) is 0 Å². The van der Waals surface area contributed by atoms with Crippen LogP contribution in [0.2, 0.25) is 5.02 Å². The zero-order valence-electron chi connectivity index (χ0n) is 17.7. The van der Waals surface area contributed by atoms with Crippen LogP contribution < -0.4 is 10.1 Å². The molecule has 1 unspecified atom stereocenters. The van der Waals surface area contributed by atoms with Crippen LogP contribution in [0.4, 0.5) is 0 Å². The van der Waals surface area contributed by atoms with Crippen molar-refractivity contribution in [3.05, 3.63) is 71.5 Å². The molecule has 5 rings (SSSR count). The normalized spacial score (nSPS) is 16.7. The molecule has 0 saturated carbocycles. The number of piperidine rings is 1. The van der Waals surface area contributed by atoms with Crippen LogP contribution in [0.15, 0.2) is 60.7 Å². The van der Waals surface area contributed by atoms with E-state index in [-0.39, 0.29) is 0 Å². The summed E-state index contributed by atoms with van der Waals surface area (Å²) < 4.78 is 8.41. The van der Waals surface area contributed by atoms with Crippen molar-refractivity contribution in [2.75, 3.05) is 13.1 Å². The van der Waals surface area contributed by atoms with Crippen LogP contribution in [-0.2, 0) is 13.2 Å². The Morgan fingerprint density at radius 1 is 1.06 bits per heavy atom. The van der Waals surface area contributed by atoms with Gasteiger partial charge in [-0.25, -0.2) is 4.98 Å². The second-order valence-corrected chi connectivity index (χ2v) is 8.90. The standard InChI is InChI=1S/C26H28ClN3O/c27-22-9-11-23(12-10-22)31-18-26-29-24-15-20-7-1-2-8-21(20)16-25(24)30(26)14-4-6-19-5-3-13-28-17-19/h1-2,7-12,15-16,19,28H,3-6,13-14,17-18H2. The van der Waals surface area contributed by atoms with Gasteiger partial charge in [-0.2, -0.15) is 0 Å². The summed E-state index contributed by atoms with van der Waals surface area (Å²) in [5.41, 5.74) is 2.22. The fraction of sp³-hybridized carbons (Fsp3) is 0.346. The molecule has 0 spiro atoms. The van der Waals surface area contributed by atoms with E-state index in [9.17, 15) is 0 Å². The molecule has 0 bridgehead atoms. The minimum absolute atomic E-state index is 0.442. The number of fused-ring (bicyclic) bond motifs is 2. The summed E-state index contributed by atoms with van der Waals surface area (Å²) in [5.74, 6) is 2.57. The lowest BCUT2D eigenvalue weighted by Crippen LogP contribution is -2.29. The van der Waals surface area contributed by atoms with Crippen LogP contribution >= 0.6 is 11.6 Å². The van der Waals surface area contributed by atoms with Gasteiger partial charge in [-0.3, -0.25) is 0 Å².